The van der Waals surface area contributed by atoms with E-state index in [0.717, 1.165) is 13.1 Å². The lowest BCUT2D eigenvalue weighted by Crippen LogP contribution is -2.41. The standard InChI is InChI=1S/C15H21N3O3.C6H4ClF/c19-14(17-9-12-8-16-6-7-21-11-12)10-18-15(20)13-4-2-1-3-5-13;7-5-3-1-2-4-6(5)8/h1-5,12,16H,6-11H2,(H,17,19)(H,18,20);1-4H. The molecule has 1 aliphatic rings. The van der Waals surface area contributed by atoms with Crippen LogP contribution in [0.15, 0.2) is 54.6 Å². The highest BCUT2D eigenvalue weighted by atomic mass is 35.5. The van der Waals surface area contributed by atoms with Gasteiger partial charge in [-0.25, -0.2) is 4.39 Å². The zero-order chi connectivity index (χ0) is 20.9. The maximum Gasteiger partial charge on any atom is 0.251 e. The van der Waals surface area contributed by atoms with E-state index >= 15 is 0 Å². The Balaban J connectivity index is 0.000000313. The van der Waals surface area contributed by atoms with Crippen LogP contribution in [0.2, 0.25) is 5.02 Å². The quantitative estimate of drug-likeness (QED) is 0.691. The summed E-state index contributed by atoms with van der Waals surface area (Å²) in [5.74, 6) is -0.538. The third kappa shape index (κ3) is 9.04. The monoisotopic (exact) mass is 421 g/mol. The van der Waals surface area contributed by atoms with Crippen LogP contribution in [0.4, 0.5) is 4.39 Å². The lowest BCUT2D eigenvalue weighted by molar-refractivity contribution is -0.120. The van der Waals surface area contributed by atoms with E-state index in [1.165, 1.54) is 12.1 Å². The SMILES string of the molecule is Fc1ccccc1Cl.O=C(CNC(=O)c1ccccc1)NCC1CNCCOC1. The van der Waals surface area contributed by atoms with Crippen LogP contribution < -0.4 is 16.0 Å². The molecule has 0 aromatic heterocycles. The van der Waals surface area contributed by atoms with E-state index < -0.39 is 0 Å². The zero-order valence-corrected chi connectivity index (χ0v) is 16.8. The number of amides is 2. The predicted octanol–water partition coefficient (Wildman–Crippen LogP) is 2.25. The second-order valence-electron chi connectivity index (χ2n) is 6.41. The Morgan fingerprint density at radius 2 is 1.83 bits per heavy atom. The first-order chi connectivity index (χ1) is 14.1. The van der Waals surface area contributed by atoms with Gasteiger partial charge in [-0.15, -0.1) is 0 Å². The van der Waals surface area contributed by atoms with Crippen LogP contribution in [0.5, 0.6) is 0 Å². The first-order valence-corrected chi connectivity index (χ1v) is 9.72. The fourth-order valence-electron chi connectivity index (χ4n) is 2.50. The van der Waals surface area contributed by atoms with Crippen molar-refractivity contribution in [2.45, 2.75) is 0 Å². The molecular formula is C21H25ClFN3O3. The van der Waals surface area contributed by atoms with Crippen molar-refractivity contribution in [3.63, 3.8) is 0 Å². The van der Waals surface area contributed by atoms with Gasteiger partial charge in [-0.2, -0.15) is 0 Å². The molecule has 1 fully saturated rings. The molecule has 2 aromatic rings. The van der Waals surface area contributed by atoms with E-state index in [9.17, 15) is 14.0 Å². The van der Waals surface area contributed by atoms with Crippen LogP contribution in [-0.2, 0) is 9.53 Å². The average molecular weight is 422 g/mol. The number of nitrogens with one attached hydrogen (secondary N) is 3. The molecule has 1 heterocycles. The summed E-state index contributed by atoms with van der Waals surface area (Å²) in [6.07, 6.45) is 0. The molecule has 0 bridgehead atoms. The Bertz CT molecular complexity index is 748. The summed E-state index contributed by atoms with van der Waals surface area (Å²) in [7, 11) is 0. The van der Waals surface area contributed by atoms with E-state index in [1.807, 2.05) is 6.07 Å². The third-order valence-corrected chi connectivity index (χ3v) is 4.37. The highest BCUT2D eigenvalue weighted by Crippen LogP contribution is 2.11. The van der Waals surface area contributed by atoms with Gasteiger partial charge in [-0.3, -0.25) is 9.59 Å². The molecule has 3 rings (SSSR count). The predicted molar refractivity (Wildman–Crippen MR) is 110 cm³/mol. The van der Waals surface area contributed by atoms with Crippen LogP contribution in [0.1, 0.15) is 10.4 Å². The molecule has 29 heavy (non-hydrogen) atoms. The molecule has 1 aliphatic heterocycles. The van der Waals surface area contributed by atoms with Crippen LogP contribution in [0, 0.1) is 11.7 Å². The van der Waals surface area contributed by atoms with Crippen molar-refractivity contribution in [3.8, 4) is 0 Å². The summed E-state index contributed by atoms with van der Waals surface area (Å²) in [6, 6.07) is 14.9. The van der Waals surface area contributed by atoms with Crippen LogP contribution >= 0.6 is 11.6 Å². The molecular weight excluding hydrogens is 397 g/mol. The molecule has 1 saturated heterocycles. The first-order valence-electron chi connectivity index (χ1n) is 9.34. The zero-order valence-electron chi connectivity index (χ0n) is 16.0. The van der Waals surface area contributed by atoms with Crippen molar-refractivity contribution >= 4 is 23.4 Å². The average Bonchev–Trinajstić information content (AvgIpc) is 3.02. The van der Waals surface area contributed by atoms with Gasteiger partial charge in [0.15, 0.2) is 0 Å². The molecule has 3 N–H and O–H groups in total. The molecule has 156 valence electrons. The van der Waals surface area contributed by atoms with Crippen molar-refractivity contribution in [2.24, 2.45) is 5.92 Å². The van der Waals surface area contributed by atoms with Crippen molar-refractivity contribution in [2.75, 3.05) is 39.4 Å². The molecule has 1 atom stereocenters. The topological polar surface area (TPSA) is 79.5 Å². The van der Waals surface area contributed by atoms with Crippen molar-refractivity contribution in [3.05, 3.63) is 71.0 Å². The summed E-state index contributed by atoms with van der Waals surface area (Å²) in [5, 5.41) is 8.83. The van der Waals surface area contributed by atoms with E-state index in [2.05, 4.69) is 16.0 Å². The largest absolute Gasteiger partial charge is 0.380 e. The van der Waals surface area contributed by atoms with Gasteiger partial charge in [0.1, 0.15) is 5.82 Å². The Hall–Kier alpha value is -2.48. The van der Waals surface area contributed by atoms with Gasteiger partial charge in [-0.05, 0) is 24.3 Å². The number of ether oxygens (including phenoxy) is 1. The Labute approximate surface area is 174 Å². The maximum atomic E-state index is 12.2. The Morgan fingerprint density at radius 3 is 2.52 bits per heavy atom. The van der Waals surface area contributed by atoms with Crippen LogP contribution in [0.25, 0.3) is 0 Å². The van der Waals surface area contributed by atoms with Gasteiger partial charge >= 0.3 is 0 Å². The van der Waals surface area contributed by atoms with Gasteiger partial charge in [0.2, 0.25) is 5.91 Å². The van der Waals surface area contributed by atoms with Gasteiger partial charge in [0.25, 0.3) is 5.91 Å². The fraction of sp³-hybridized carbons (Fsp3) is 0.333. The summed E-state index contributed by atoms with van der Waals surface area (Å²) in [5.41, 5.74) is 0.548. The number of carbonyl (C=O) groups excluding carboxylic acids is 2. The van der Waals surface area contributed by atoms with Crippen LogP contribution in [-0.4, -0.2) is 51.2 Å². The van der Waals surface area contributed by atoms with E-state index in [4.69, 9.17) is 16.3 Å². The fourth-order valence-corrected chi connectivity index (χ4v) is 2.64. The normalized spacial score (nSPS) is 16.0. The van der Waals surface area contributed by atoms with Gasteiger partial charge in [0.05, 0.1) is 24.8 Å². The number of benzene rings is 2. The molecule has 2 aromatic carbocycles. The highest BCUT2D eigenvalue weighted by Gasteiger charge is 2.14. The summed E-state index contributed by atoms with van der Waals surface area (Å²) < 4.78 is 17.6. The highest BCUT2D eigenvalue weighted by molar-refractivity contribution is 6.30. The smallest absolute Gasteiger partial charge is 0.251 e. The molecule has 0 radical (unpaired) electrons. The lowest BCUT2D eigenvalue weighted by Gasteiger charge is -2.14. The number of hydrogen-bond donors (Lipinski definition) is 3. The number of rotatable bonds is 5. The van der Waals surface area contributed by atoms with Crippen molar-refractivity contribution < 1.29 is 18.7 Å². The van der Waals surface area contributed by atoms with Gasteiger partial charge in [-0.1, -0.05) is 41.9 Å². The number of carbonyl (C=O) groups is 2. The van der Waals surface area contributed by atoms with E-state index in [0.29, 0.717) is 25.3 Å². The maximum absolute atomic E-state index is 12.2. The van der Waals surface area contributed by atoms with Crippen LogP contribution in [0.3, 0.4) is 0 Å². The summed E-state index contributed by atoms with van der Waals surface area (Å²) >= 11 is 5.33. The number of hydrogen-bond acceptors (Lipinski definition) is 4. The Kier molecular flexibility index (Phi) is 10.1. The van der Waals surface area contributed by atoms with E-state index in [-0.39, 0.29) is 35.1 Å². The molecule has 6 nitrogen and oxygen atoms in total. The minimum Gasteiger partial charge on any atom is -0.380 e. The van der Waals surface area contributed by atoms with Gasteiger partial charge in [0, 0.05) is 31.1 Å². The minimum absolute atomic E-state index is 0.0191. The summed E-state index contributed by atoms with van der Waals surface area (Å²) in [6.45, 7) is 3.55. The van der Waals surface area contributed by atoms with E-state index in [1.54, 1.807) is 36.4 Å². The van der Waals surface area contributed by atoms with Crippen molar-refractivity contribution in [1.82, 2.24) is 16.0 Å². The summed E-state index contributed by atoms with van der Waals surface area (Å²) in [4.78, 5) is 23.5. The second-order valence-corrected chi connectivity index (χ2v) is 6.82. The molecule has 0 spiro atoms. The lowest BCUT2D eigenvalue weighted by atomic mass is 10.1. The molecule has 2 amide bonds. The van der Waals surface area contributed by atoms with Gasteiger partial charge < -0.3 is 20.7 Å². The molecule has 8 heteroatoms. The molecule has 1 unspecified atom stereocenters. The molecule has 0 aliphatic carbocycles. The third-order valence-electron chi connectivity index (χ3n) is 4.07. The van der Waals surface area contributed by atoms with Crippen molar-refractivity contribution in [1.29, 1.82) is 0 Å². The Morgan fingerprint density at radius 1 is 1.10 bits per heavy atom. The number of halogens is 2. The second kappa shape index (κ2) is 12.9. The molecule has 0 saturated carbocycles. The minimum atomic E-state index is -0.367. The first kappa shape index (κ1) is 22.8.